The van der Waals surface area contributed by atoms with Crippen molar-refractivity contribution >= 4 is 22.6 Å². The van der Waals surface area contributed by atoms with Crippen LogP contribution in [0.4, 0.5) is 0 Å². The second-order valence-electron chi connectivity index (χ2n) is 3.23. The second kappa shape index (κ2) is 3.64. The van der Waals surface area contributed by atoms with Crippen LogP contribution in [0.5, 0.6) is 0 Å². The number of benzene rings is 1. The first kappa shape index (κ1) is 9.56. The number of furan rings is 1. The Hall–Kier alpha value is -0.990. The van der Waals surface area contributed by atoms with Gasteiger partial charge in [-0.1, -0.05) is 30.7 Å². The Morgan fingerprint density at radius 1 is 1.50 bits per heavy atom. The van der Waals surface area contributed by atoms with Crippen molar-refractivity contribution < 1.29 is 9.52 Å². The van der Waals surface area contributed by atoms with Gasteiger partial charge in [0.05, 0.1) is 5.02 Å². The zero-order chi connectivity index (χ0) is 10.1. The Kier molecular flexibility index (Phi) is 2.48. The topological polar surface area (TPSA) is 33.4 Å². The standard InChI is InChI=1S/C11H11ClO2/c1-2-9(13)10-6-7-4-3-5-8(12)11(7)14-10/h3-6,9,13H,2H2,1H3. The Labute approximate surface area is 87.1 Å². The number of hydrogen-bond donors (Lipinski definition) is 1. The Morgan fingerprint density at radius 3 is 2.93 bits per heavy atom. The largest absolute Gasteiger partial charge is 0.457 e. The van der Waals surface area contributed by atoms with Crippen LogP contribution in [0.25, 0.3) is 11.0 Å². The smallest absolute Gasteiger partial charge is 0.152 e. The van der Waals surface area contributed by atoms with E-state index in [-0.39, 0.29) is 0 Å². The van der Waals surface area contributed by atoms with Crippen molar-refractivity contribution in [1.29, 1.82) is 0 Å². The fourth-order valence-corrected chi connectivity index (χ4v) is 1.63. The molecule has 0 aliphatic rings. The summed E-state index contributed by atoms with van der Waals surface area (Å²) in [6, 6.07) is 7.38. The molecule has 0 spiro atoms. The quantitative estimate of drug-likeness (QED) is 0.823. The molecule has 1 unspecified atom stereocenters. The van der Waals surface area contributed by atoms with Gasteiger partial charge < -0.3 is 9.52 Å². The number of halogens is 1. The monoisotopic (exact) mass is 210 g/mol. The minimum Gasteiger partial charge on any atom is -0.457 e. The van der Waals surface area contributed by atoms with Crippen molar-refractivity contribution in [2.45, 2.75) is 19.4 Å². The first-order valence-corrected chi connectivity index (χ1v) is 4.96. The minimum atomic E-state index is -0.543. The molecule has 0 bridgehead atoms. The molecule has 0 fully saturated rings. The van der Waals surface area contributed by atoms with Crippen LogP contribution in [0.2, 0.25) is 5.02 Å². The number of fused-ring (bicyclic) bond motifs is 1. The van der Waals surface area contributed by atoms with Gasteiger partial charge in [-0.25, -0.2) is 0 Å². The third-order valence-corrected chi connectivity index (χ3v) is 2.53. The molecule has 2 nitrogen and oxygen atoms in total. The molecule has 2 aromatic rings. The Bertz CT molecular complexity index is 447. The van der Waals surface area contributed by atoms with Crippen molar-refractivity contribution in [2.75, 3.05) is 0 Å². The molecule has 1 aromatic carbocycles. The SMILES string of the molecule is CCC(O)c1cc2cccc(Cl)c2o1. The van der Waals surface area contributed by atoms with Crippen LogP contribution in [0, 0.1) is 0 Å². The summed E-state index contributed by atoms with van der Waals surface area (Å²) in [5.74, 6) is 0.579. The number of aliphatic hydroxyl groups excluding tert-OH is 1. The van der Waals surface area contributed by atoms with Crippen LogP contribution in [-0.4, -0.2) is 5.11 Å². The van der Waals surface area contributed by atoms with E-state index in [1.54, 1.807) is 6.07 Å². The molecule has 0 amide bonds. The third kappa shape index (κ3) is 1.51. The Balaban J connectivity index is 2.56. The molecule has 1 atom stereocenters. The molecular weight excluding hydrogens is 200 g/mol. The number of para-hydroxylation sites is 1. The molecule has 0 aliphatic heterocycles. The lowest BCUT2D eigenvalue weighted by Gasteiger charge is -2.01. The lowest BCUT2D eigenvalue weighted by molar-refractivity contribution is 0.148. The van der Waals surface area contributed by atoms with Gasteiger partial charge in [0.25, 0.3) is 0 Å². The summed E-state index contributed by atoms with van der Waals surface area (Å²) in [5.41, 5.74) is 0.650. The van der Waals surface area contributed by atoms with Crippen LogP contribution >= 0.6 is 11.6 Å². The van der Waals surface area contributed by atoms with Gasteiger partial charge in [0.1, 0.15) is 11.9 Å². The molecule has 0 aliphatic carbocycles. The fourth-order valence-electron chi connectivity index (χ4n) is 1.41. The van der Waals surface area contributed by atoms with Crippen LogP contribution in [0.15, 0.2) is 28.7 Å². The van der Waals surface area contributed by atoms with Crippen molar-refractivity contribution in [2.24, 2.45) is 0 Å². The highest BCUT2D eigenvalue weighted by Gasteiger charge is 2.12. The molecule has 1 heterocycles. The molecular formula is C11H11ClO2. The highest BCUT2D eigenvalue weighted by molar-refractivity contribution is 6.34. The molecule has 1 N–H and O–H groups in total. The first-order chi connectivity index (χ1) is 6.72. The molecule has 14 heavy (non-hydrogen) atoms. The summed E-state index contributed by atoms with van der Waals surface area (Å²) >= 11 is 5.94. The zero-order valence-electron chi connectivity index (χ0n) is 7.83. The fraction of sp³-hybridized carbons (Fsp3) is 0.273. The van der Waals surface area contributed by atoms with Crippen molar-refractivity contribution in [1.82, 2.24) is 0 Å². The summed E-state index contributed by atoms with van der Waals surface area (Å²) < 4.78 is 5.47. The summed E-state index contributed by atoms with van der Waals surface area (Å²) in [6.07, 6.45) is 0.0933. The van der Waals surface area contributed by atoms with E-state index in [0.717, 1.165) is 5.39 Å². The van der Waals surface area contributed by atoms with E-state index in [1.807, 2.05) is 25.1 Å². The van der Waals surface area contributed by atoms with Gasteiger partial charge in [-0.15, -0.1) is 0 Å². The molecule has 74 valence electrons. The molecule has 0 radical (unpaired) electrons. The lowest BCUT2D eigenvalue weighted by atomic mass is 10.2. The van der Waals surface area contributed by atoms with Crippen LogP contribution in [0.3, 0.4) is 0 Å². The van der Waals surface area contributed by atoms with Gasteiger partial charge in [0.2, 0.25) is 0 Å². The maximum atomic E-state index is 9.58. The van der Waals surface area contributed by atoms with Gasteiger partial charge in [-0.2, -0.15) is 0 Å². The summed E-state index contributed by atoms with van der Waals surface area (Å²) in [4.78, 5) is 0. The van der Waals surface area contributed by atoms with Crippen molar-refractivity contribution in [3.8, 4) is 0 Å². The predicted octanol–water partition coefficient (Wildman–Crippen LogP) is 3.53. The van der Waals surface area contributed by atoms with Crippen LogP contribution in [-0.2, 0) is 0 Å². The van der Waals surface area contributed by atoms with E-state index < -0.39 is 6.10 Å². The minimum absolute atomic E-state index is 0.543. The molecule has 2 rings (SSSR count). The molecule has 0 saturated heterocycles. The normalized spacial score (nSPS) is 13.4. The maximum absolute atomic E-state index is 9.58. The van der Waals surface area contributed by atoms with E-state index >= 15 is 0 Å². The van der Waals surface area contributed by atoms with E-state index in [0.29, 0.717) is 22.8 Å². The average Bonchev–Trinajstić information content (AvgIpc) is 2.62. The molecule has 1 aromatic heterocycles. The maximum Gasteiger partial charge on any atom is 0.152 e. The molecule has 0 saturated carbocycles. The van der Waals surface area contributed by atoms with Gasteiger partial charge in [0.15, 0.2) is 5.58 Å². The van der Waals surface area contributed by atoms with E-state index in [2.05, 4.69) is 0 Å². The van der Waals surface area contributed by atoms with Crippen LogP contribution < -0.4 is 0 Å². The Morgan fingerprint density at radius 2 is 2.29 bits per heavy atom. The number of aliphatic hydroxyl groups is 1. The van der Waals surface area contributed by atoms with E-state index in [4.69, 9.17) is 16.0 Å². The van der Waals surface area contributed by atoms with Crippen molar-refractivity contribution in [3.63, 3.8) is 0 Å². The number of hydrogen-bond acceptors (Lipinski definition) is 2. The lowest BCUT2D eigenvalue weighted by Crippen LogP contribution is -1.90. The highest BCUT2D eigenvalue weighted by atomic mass is 35.5. The van der Waals surface area contributed by atoms with Crippen molar-refractivity contribution in [3.05, 3.63) is 35.0 Å². The number of rotatable bonds is 2. The summed E-state index contributed by atoms with van der Waals surface area (Å²) in [6.45, 7) is 1.90. The van der Waals surface area contributed by atoms with Gasteiger partial charge in [-0.05, 0) is 18.6 Å². The van der Waals surface area contributed by atoms with Gasteiger partial charge >= 0.3 is 0 Å². The van der Waals surface area contributed by atoms with Gasteiger partial charge in [-0.3, -0.25) is 0 Å². The summed E-state index contributed by atoms with van der Waals surface area (Å²) in [7, 11) is 0. The zero-order valence-corrected chi connectivity index (χ0v) is 8.58. The van der Waals surface area contributed by atoms with E-state index in [9.17, 15) is 5.11 Å². The average molecular weight is 211 g/mol. The van der Waals surface area contributed by atoms with Crippen LogP contribution in [0.1, 0.15) is 25.2 Å². The predicted molar refractivity (Wildman–Crippen MR) is 56.5 cm³/mol. The van der Waals surface area contributed by atoms with E-state index in [1.165, 1.54) is 0 Å². The first-order valence-electron chi connectivity index (χ1n) is 4.58. The highest BCUT2D eigenvalue weighted by Crippen LogP contribution is 2.30. The second-order valence-corrected chi connectivity index (χ2v) is 3.64. The van der Waals surface area contributed by atoms with Gasteiger partial charge in [0, 0.05) is 5.39 Å². The molecule has 3 heteroatoms. The summed E-state index contributed by atoms with van der Waals surface area (Å²) in [5, 5.41) is 11.1. The third-order valence-electron chi connectivity index (χ3n) is 2.23.